The highest BCUT2D eigenvalue weighted by Gasteiger charge is 2.10. The van der Waals surface area contributed by atoms with Crippen molar-refractivity contribution in [2.45, 2.75) is 13.1 Å². The van der Waals surface area contributed by atoms with E-state index in [-0.39, 0.29) is 18.0 Å². The van der Waals surface area contributed by atoms with Crippen molar-refractivity contribution in [3.63, 3.8) is 0 Å². The van der Waals surface area contributed by atoms with Crippen LogP contribution in [0.15, 0.2) is 83.7 Å². The fourth-order valence-corrected chi connectivity index (χ4v) is 3.38. The van der Waals surface area contributed by atoms with Gasteiger partial charge in [-0.15, -0.1) is 0 Å². The third-order valence-electron chi connectivity index (χ3n) is 4.90. The van der Waals surface area contributed by atoms with Crippen molar-refractivity contribution in [2.24, 2.45) is 0 Å². The van der Waals surface area contributed by atoms with Crippen molar-refractivity contribution >= 4 is 16.7 Å². The fraction of sp³-hybridized carbons (Fsp3) is 0.125. The zero-order valence-corrected chi connectivity index (χ0v) is 16.5. The second kappa shape index (κ2) is 8.61. The van der Waals surface area contributed by atoms with Gasteiger partial charge < -0.3 is 10.1 Å². The minimum atomic E-state index is -0.320. The van der Waals surface area contributed by atoms with E-state index < -0.39 is 0 Å². The number of hydrogen-bond donors (Lipinski definition) is 1. The van der Waals surface area contributed by atoms with Crippen molar-refractivity contribution in [3.8, 4) is 17.0 Å². The number of hydrogen-bond acceptors (Lipinski definition) is 4. The molecule has 1 N–H and O–H groups in total. The van der Waals surface area contributed by atoms with Crippen LogP contribution in [0.4, 0.5) is 0 Å². The first-order valence-corrected chi connectivity index (χ1v) is 9.60. The number of benzene rings is 3. The third kappa shape index (κ3) is 4.07. The summed E-state index contributed by atoms with van der Waals surface area (Å²) in [6.07, 6.45) is 0. The van der Waals surface area contributed by atoms with Gasteiger partial charge in [-0.05, 0) is 23.1 Å². The summed E-state index contributed by atoms with van der Waals surface area (Å²) in [4.78, 5) is 24.7. The average molecular weight is 399 g/mol. The number of aromatic nitrogens is 2. The Bertz CT molecular complexity index is 1250. The number of amides is 1. The maximum Gasteiger partial charge on any atom is 0.267 e. The molecule has 6 heteroatoms. The number of nitrogens with zero attached hydrogens (tertiary/aromatic N) is 2. The molecule has 1 amide bonds. The second-order valence-electron chi connectivity index (χ2n) is 6.83. The first kappa shape index (κ1) is 19.4. The normalized spacial score (nSPS) is 10.7. The lowest BCUT2D eigenvalue weighted by molar-refractivity contribution is -0.122. The van der Waals surface area contributed by atoms with E-state index in [0.717, 1.165) is 27.6 Å². The van der Waals surface area contributed by atoms with Crippen LogP contribution >= 0.6 is 0 Å². The maximum atomic E-state index is 12.5. The Morgan fingerprint density at radius 2 is 1.67 bits per heavy atom. The minimum absolute atomic E-state index is 0.145. The van der Waals surface area contributed by atoms with Gasteiger partial charge in [-0.2, -0.15) is 5.10 Å². The molecule has 0 aliphatic rings. The molecule has 1 aromatic heterocycles. The summed E-state index contributed by atoms with van der Waals surface area (Å²) in [5.41, 5.74) is 2.18. The SMILES string of the molecule is COc1ccc(CNC(=O)Cn2nc(-c3ccccc3)ccc2=O)c2ccccc12. The molecule has 0 fully saturated rings. The predicted molar refractivity (Wildman–Crippen MR) is 116 cm³/mol. The number of methoxy groups -OCH3 is 1. The lowest BCUT2D eigenvalue weighted by Gasteiger charge is -2.12. The lowest BCUT2D eigenvalue weighted by atomic mass is 10.0. The lowest BCUT2D eigenvalue weighted by Crippen LogP contribution is -2.33. The topological polar surface area (TPSA) is 73.2 Å². The van der Waals surface area contributed by atoms with Gasteiger partial charge >= 0.3 is 0 Å². The predicted octanol–water partition coefficient (Wildman–Crippen LogP) is 3.39. The minimum Gasteiger partial charge on any atom is -0.496 e. The van der Waals surface area contributed by atoms with Crippen LogP contribution in [0.1, 0.15) is 5.56 Å². The Morgan fingerprint density at radius 3 is 2.43 bits per heavy atom. The van der Waals surface area contributed by atoms with E-state index in [1.54, 1.807) is 13.2 Å². The highest BCUT2D eigenvalue weighted by Crippen LogP contribution is 2.28. The monoisotopic (exact) mass is 399 g/mol. The number of nitrogens with one attached hydrogen (secondary N) is 1. The van der Waals surface area contributed by atoms with Crippen LogP contribution in [0.5, 0.6) is 5.75 Å². The van der Waals surface area contributed by atoms with Gasteiger partial charge in [0.2, 0.25) is 5.91 Å². The van der Waals surface area contributed by atoms with Gasteiger partial charge in [-0.1, -0.05) is 60.7 Å². The van der Waals surface area contributed by atoms with Crippen LogP contribution in [0.2, 0.25) is 0 Å². The van der Waals surface area contributed by atoms with E-state index >= 15 is 0 Å². The summed E-state index contributed by atoms with van der Waals surface area (Å²) in [6, 6.07) is 24.3. The molecule has 0 radical (unpaired) electrons. The highest BCUT2D eigenvalue weighted by atomic mass is 16.5. The summed E-state index contributed by atoms with van der Waals surface area (Å²) in [6.45, 7) is 0.198. The summed E-state index contributed by atoms with van der Waals surface area (Å²) in [5, 5.41) is 9.22. The van der Waals surface area contributed by atoms with Crippen molar-refractivity contribution in [1.82, 2.24) is 15.1 Å². The van der Waals surface area contributed by atoms with Crippen molar-refractivity contribution in [2.75, 3.05) is 7.11 Å². The van der Waals surface area contributed by atoms with Gasteiger partial charge in [-0.25, -0.2) is 4.68 Å². The molecule has 30 heavy (non-hydrogen) atoms. The van der Waals surface area contributed by atoms with Crippen molar-refractivity contribution in [1.29, 1.82) is 0 Å². The average Bonchev–Trinajstić information content (AvgIpc) is 2.79. The van der Waals surface area contributed by atoms with E-state index in [9.17, 15) is 9.59 Å². The molecular weight excluding hydrogens is 378 g/mol. The molecule has 4 aromatic rings. The van der Waals surface area contributed by atoms with Gasteiger partial charge in [-0.3, -0.25) is 9.59 Å². The molecule has 0 saturated heterocycles. The van der Waals surface area contributed by atoms with Gasteiger partial charge in [0.1, 0.15) is 12.3 Å². The molecular formula is C24H21N3O3. The van der Waals surface area contributed by atoms with Crippen LogP contribution in [0.25, 0.3) is 22.0 Å². The number of ether oxygens (including phenoxy) is 1. The Labute approximate surface area is 173 Å². The summed E-state index contributed by atoms with van der Waals surface area (Å²) < 4.78 is 6.60. The van der Waals surface area contributed by atoms with Gasteiger partial charge in [0, 0.05) is 23.6 Å². The summed E-state index contributed by atoms with van der Waals surface area (Å²) >= 11 is 0. The number of rotatable bonds is 6. The molecule has 150 valence electrons. The Balaban J connectivity index is 1.50. The van der Waals surface area contributed by atoms with Crippen LogP contribution in [-0.4, -0.2) is 22.8 Å². The van der Waals surface area contributed by atoms with Gasteiger partial charge in [0.15, 0.2) is 0 Å². The molecule has 0 atom stereocenters. The van der Waals surface area contributed by atoms with Gasteiger partial charge in [0.05, 0.1) is 12.8 Å². The molecule has 3 aromatic carbocycles. The maximum absolute atomic E-state index is 12.5. The zero-order valence-electron chi connectivity index (χ0n) is 16.5. The number of carbonyl (C=O) groups is 1. The highest BCUT2D eigenvalue weighted by molar-refractivity contribution is 5.91. The van der Waals surface area contributed by atoms with Crippen LogP contribution in [-0.2, 0) is 17.9 Å². The Morgan fingerprint density at radius 1 is 0.933 bits per heavy atom. The standard InChI is InChI=1S/C24H21N3O3/c1-30-22-13-11-18(19-9-5-6-10-20(19)22)15-25-23(28)16-27-24(29)14-12-21(26-27)17-7-3-2-4-8-17/h2-14H,15-16H2,1H3,(H,25,28). The second-order valence-corrected chi connectivity index (χ2v) is 6.83. The van der Waals surface area contributed by atoms with Crippen LogP contribution in [0, 0.1) is 0 Å². The van der Waals surface area contributed by atoms with E-state index in [1.807, 2.05) is 66.7 Å². The zero-order chi connectivity index (χ0) is 20.9. The Kier molecular flexibility index (Phi) is 5.57. The third-order valence-corrected chi connectivity index (χ3v) is 4.90. The van der Waals surface area contributed by atoms with Crippen molar-refractivity contribution < 1.29 is 9.53 Å². The Hall–Kier alpha value is -3.93. The summed E-state index contributed by atoms with van der Waals surface area (Å²) in [5.74, 6) is 0.504. The first-order chi connectivity index (χ1) is 14.7. The number of fused-ring (bicyclic) bond motifs is 1. The molecule has 0 aliphatic carbocycles. The van der Waals surface area contributed by atoms with E-state index in [1.165, 1.54) is 10.7 Å². The van der Waals surface area contributed by atoms with E-state index in [2.05, 4.69) is 10.4 Å². The fourth-order valence-electron chi connectivity index (χ4n) is 3.38. The molecule has 0 saturated carbocycles. The molecule has 4 rings (SSSR count). The molecule has 0 unspecified atom stereocenters. The van der Waals surface area contributed by atoms with Gasteiger partial charge in [0.25, 0.3) is 5.56 Å². The van der Waals surface area contributed by atoms with E-state index in [0.29, 0.717) is 12.2 Å². The first-order valence-electron chi connectivity index (χ1n) is 9.60. The van der Waals surface area contributed by atoms with Crippen LogP contribution in [0.3, 0.4) is 0 Å². The van der Waals surface area contributed by atoms with E-state index in [4.69, 9.17) is 4.74 Å². The quantitative estimate of drug-likeness (QED) is 0.539. The summed E-state index contributed by atoms with van der Waals surface area (Å²) in [7, 11) is 1.64. The molecule has 0 spiro atoms. The molecule has 0 bridgehead atoms. The molecule has 1 heterocycles. The smallest absolute Gasteiger partial charge is 0.267 e. The van der Waals surface area contributed by atoms with Crippen molar-refractivity contribution in [3.05, 3.63) is 94.8 Å². The molecule has 0 aliphatic heterocycles. The number of carbonyl (C=O) groups excluding carboxylic acids is 1. The molecule has 6 nitrogen and oxygen atoms in total. The van der Waals surface area contributed by atoms with Crippen LogP contribution < -0.4 is 15.6 Å². The largest absolute Gasteiger partial charge is 0.496 e.